The molecule has 0 bridgehead atoms. The number of benzene rings is 1. The second-order valence-electron chi connectivity index (χ2n) is 5.10. The van der Waals surface area contributed by atoms with Crippen molar-refractivity contribution < 1.29 is 4.79 Å². The first kappa shape index (κ1) is 13.5. The molecular weight excluding hydrogens is 264 g/mol. The monoisotopic (exact) mass is 282 g/mol. The second kappa shape index (κ2) is 6.35. The Balaban J connectivity index is 1.65. The molecule has 0 atom stereocenters. The van der Waals surface area contributed by atoms with Crippen LogP contribution in [0.25, 0.3) is 0 Å². The summed E-state index contributed by atoms with van der Waals surface area (Å²) >= 11 is 0. The maximum atomic E-state index is 12.2. The molecule has 0 saturated carbocycles. The zero-order chi connectivity index (χ0) is 14.5. The molecule has 2 heterocycles. The molecule has 5 nitrogen and oxygen atoms in total. The van der Waals surface area contributed by atoms with Gasteiger partial charge in [0.05, 0.1) is 0 Å². The molecule has 1 amide bonds. The summed E-state index contributed by atoms with van der Waals surface area (Å²) in [6, 6.07) is 11.5. The molecule has 1 aliphatic rings. The maximum absolute atomic E-state index is 12.2. The third-order valence-corrected chi connectivity index (χ3v) is 3.56. The van der Waals surface area contributed by atoms with Gasteiger partial charge in [-0.3, -0.25) is 4.79 Å². The second-order valence-corrected chi connectivity index (χ2v) is 5.10. The summed E-state index contributed by atoms with van der Waals surface area (Å²) in [6.07, 6.45) is 3.97. The predicted octanol–water partition coefficient (Wildman–Crippen LogP) is 2.01. The van der Waals surface area contributed by atoms with E-state index < -0.39 is 0 Å². The average molecular weight is 282 g/mol. The van der Waals surface area contributed by atoms with E-state index in [0.29, 0.717) is 18.2 Å². The molecule has 0 aliphatic carbocycles. The third-order valence-electron chi connectivity index (χ3n) is 3.56. The standard InChI is InChI=1S/C16H18N4O/c21-15(18-12-13-6-2-1-3-7-13)14-8-9-17-16(19-14)20-10-4-5-11-20/h1-3,6-9H,4-5,10-12H2,(H,18,21). The summed E-state index contributed by atoms with van der Waals surface area (Å²) in [6.45, 7) is 2.44. The molecule has 108 valence electrons. The molecule has 0 spiro atoms. The van der Waals surface area contributed by atoms with Gasteiger partial charge in [0.25, 0.3) is 5.91 Å². The van der Waals surface area contributed by atoms with Gasteiger partial charge < -0.3 is 10.2 Å². The predicted molar refractivity (Wildman–Crippen MR) is 81.1 cm³/mol. The van der Waals surface area contributed by atoms with E-state index in [9.17, 15) is 4.79 Å². The van der Waals surface area contributed by atoms with Crippen molar-refractivity contribution in [3.05, 3.63) is 53.9 Å². The Morgan fingerprint density at radius 3 is 2.67 bits per heavy atom. The van der Waals surface area contributed by atoms with E-state index in [2.05, 4.69) is 20.2 Å². The Morgan fingerprint density at radius 2 is 1.90 bits per heavy atom. The maximum Gasteiger partial charge on any atom is 0.270 e. The van der Waals surface area contributed by atoms with Gasteiger partial charge in [-0.05, 0) is 24.5 Å². The first-order valence-corrected chi connectivity index (χ1v) is 7.23. The fraction of sp³-hybridized carbons (Fsp3) is 0.312. The van der Waals surface area contributed by atoms with Crippen molar-refractivity contribution in [3.8, 4) is 0 Å². The number of nitrogens with one attached hydrogen (secondary N) is 1. The summed E-state index contributed by atoms with van der Waals surface area (Å²) in [7, 11) is 0. The van der Waals surface area contributed by atoms with E-state index in [1.165, 1.54) is 0 Å². The molecule has 2 aromatic rings. The topological polar surface area (TPSA) is 58.1 Å². The van der Waals surface area contributed by atoms with E-state index in [1.807, 2.05) is 30.3 Å². The van der Waals surface area contributed by atoms with Gasteiger partial charge in [0.2, 0.25) is 5.95 Å². The lowest BCUT2D eigenvalue weighted by atomic mass is 10.2. The van der Waals surface area contributed by atoms with Crippen LogP contribution in [0.1, 0.15) is 28.9 Å². The number of hydrogen-bond donors (Lipinski definition) is 1. The highest BCUT2D eigenvalue weighted by molar-refractivity contribution is 5.92. The molecule has 1 fully saturated rings. The zero-order valence-electron chi connectivity index (χ0n) is 11.8. The molecule has 1 aromatic heterocycles. The SMILES string of the molecule is O=C(NCc1ccccc1)c1ccnc(N2CCCC2)n1. The molecule has 1 saturated heterocycles. The summed E-state index contributed by atoms with van der Waals surface area (Å²) < 4.78 is 0. The molecule has 3 rings (SSSR count). The number of nitrogens with zero attached hydrogens (tertiary/aromatic N) is 3. The highest BCUT2D eigenvalue weighted by Crippen LogP contribution is 2.15. The number of hydrogen-bond acceptors (Lipinski definition) is 4. The number of anilines is 1. The summed E-state index contributed by atoms with van der Waals surface area (Å²) in [5.74, 6) is 0.488. The minimum Gasteiger partial charge on any atom is -0.347 e. The van der Waals surface area contributed by atoms with Crippen LogP contribution in [0.4, 0.5) is 5.95 Å². The fourth-order valence-corrected chi connectivity index (χ4v) is 2.41. The van der Waals surface area contributed by atoms with Gasteiger partial charge in [0.1, 0.15) is 5.69 Å². The van der Waals surface area contributed by atoms with Crippen LogP contribution in [0, 0.1) is 0 Å². The number of aromatic nitrogens is 2. The minimum atomic E-state index is -0.165. The number of rotatable bonds is 4. The molecule has 5 heteroatoms. The Kier molecular flexibility index (Phi) is 4.09. The van der Waals surface area contributed by atoms with Gasteiger partial charge in [-0.15, -0.1) is 0 Å². The first-order chi connectivity index (χ1) is 10.3. The van der Waals surface area contributed by atoms with E-state index in [-0.39, 0.29) is 5.91 Å². The Bertz CT molecular complexity index is 609. The largest absolute Gasteiger partial charge is 0.347 e. The summed E-state index contributed by atoms with van der Waals surface area (Å²) in [4.78, 5) is 22.9. The third kappa shape index (κ3) is 3.37. The lowest BCUT2D eigenvalue weighted by Crippen LogP contribution is -2.26. The van der Waals surface area contributed by atoms with Gasteiger partial charge in [-0.25, -0.2) is 9.97 Å². The molecule has 0 radical (unpaired) electrons. The van der Waals surface area contributed by atoms with Crippen LogP contribution < -0.4 is 10.2 Å². The molecule has 1 N–H and O–H groups in total. The number of carbonyl (C=O) groups excluding carboxylic acids is 1. The Hall–Kier alpha value is -2.43. The quantitative estimate of drug-likeness (QED) is 0.932. The molecule has 1 aromatic carbocycles. The van der Waals surface area contributed by atoms with Gasteiger partial charge in [0.15, 0.2) is 0 Å². The normalized spacial score (nSPS) is 14.2. The van der Waals surface area contributed by atoms with Crippen LogP contribution in [-0.4, -0.2) is 29.0 Å². The van der Waals surface area contributed by atoms with Gasteiger partial charge in [-0.1, -0.05) is 30.3 Å². The van der Waals surface area contributed by atoms with Crippen molar-refractivity contribution in [2.75, 3.05) is 18.0 Å². The molecule has 21 heavy (non-hydrogen) atoms. The van der Waals surface area contributed by atoms with E-state index >= 15 is 0 Å². The number of carbonyl (C=O) groups is 1. The van der Waals surface area contributed by atoms with Crippen molar-refractivity contribution in [2.24, 2.45) is 0 Å². The Labute approximate surface area is 124 Å². The highest BCUT2D eigenvalue weighted by Gasteiger charge is 2.16. The summed E-state index contributed by atoms with van der Waals surface area (Å²) in [5.41, 5.74) is 1.49. The van der Waals surface area contributed by atoms with Crippen molar-refractivity contribution in [2.45, 2.75) is 19.4 Å². The molecular formula is C16H18N4O. The van der Waals surface area contributed by atoms with E-state index in [1.54, 1.807) is 12.3 Å². The number of amides is 1. The fourth-order valence-electron chi connectivity index (χ4n) is 2.41. The van der Waals surface area contributed by atoms with Crippen molar-refractivity contribution in [1.82, 2.24) is 15.3 Å². The van der Waals surface area contributed by atoms with Crippen LogP contribution in [0.3, 0.4) is 0 Å². The lowest BCUT2D eigenvalue weighted by Gasteiger charge is -2.15. The van der Waals surface area contributed by atoms with Crippen molar-refractivity contribution in [1.29, 1.82) is 0 Å². The average Bonchev–Trinajstić information content (AvgIpc) is 3.08. The van der Waals surface area contributed by atoms with Crippen molar-refractivity contribution in [3.63, 3.8) is 0 Å². The van der Waals surface area contributed by atoms with Gasteiger partial charge >= 0.3 is 0 Å². The van der Waals surface area contributed by atoms with E-state index in [0.717, 1.165) is 31.5 Å². The summed E-state index contributed by atoms with van der Waals surface area (Å²) in [5, 5.41) is 2.89. The Morgan fingerprint density at radius 1 is 1.14 bits per heavy atom. The smallest absolute Gasteiger partial charge is 0.270 e. The molecule has 0 unspecified atom stereocenters. The van der Waals surface area contributed by atoms with Crippen LogP contribution in [0.2, 0.25) is 0 Å². The van der Waals surface area contributed by atoms with Gasteiger partial charge in [0, 0.05) is 25.8 Å². The van der Waals surface area contributed by atoms with Crippen molar-refractivity contribution >= 4 is 11.9 Å². The van der Waals surface area contributed by atoms with E-state index in [4.69, 9.17) is 0 Å². The van der Waals surface area contributed by atoms with Crippen LogP contribution in [0.5, 0.6) is 0 Å². The van der Waals surface area contributed by atoms with Crippen LogP contribution in [-0.2, 0) is 6.54 Å². The first-order valence-electron chi connectivity index (χ1n) is 7.23. The zero-order valence-corrected chi connectivity index (χ0v) is 11.8. The minimum absolute atomic E-state index is 0.165. The molecule has 1 aliphatic heterocycles. The highest BCUT2D eigenvalue weighted by atomic mass is 16.1. The van der Waals surface area contributed by atoms with Crippen LogP contribution >= 0.6 is 0 Å². The lowest BCUT2D eigenvalue weighted by molar-refractivity contribution is 0.0946. The van der Waals surface area contributed by atoms with Gasteiger partial charge in [-0.2, -0.15) is 0 Å². The van der Waals surface area contributed by atoms with Crippen LogP contribution in [0.15, 0.2) is 42.6 Å².